The van der Waals surface area contributed by atoms with E-state index in [2.05, 4.69) is 36.7 Å². The molecule has 1 N–H and O–H groups in total. The molecule has 6 heteroatoms. The summed E-state index contributed by atoms with van der Waals surface area (Å²) < 4.78 is 7.53. The minimum atomic E-state index is -0.368. The number of nitrogens with zero attached hydrogens (tertiary/aromatic N) is 2. The molecule has 3 rings (SSSR count). The molecule has 186 valence electrons. The molecule has 0 unspecified atom stereocenters. The molecule has 35 heavy (non-hydrogen) atoms. The zero-order chi connectivity index (χ0) is 25.2. The van der Waals surface area contributed by atoms with Gasteiger partial charge in [-0.1, -0.05) is 57.0 Å². The molecule has 2 amide bonds. The number of aromatic nitrogens is 1. The van der Waals surface area contributed by atoms with Crippen molar-refractivity contribution < 1.29 is 14.3 Å². The summed E-state index contributed by atoms with van der Waals surface area (Å²) >= 11 is 0. The van der Waals surface area contributed by atoms with E-state index in [1.54, 1.807) is 18.2 Å². The number of methoxy groups -OCH3 is 1. The van der Waals surface area contributed by atoms with Gasteiger partial charge < -0.3 is 19.5 Å². The van der Waals surface area contributed by atoms with E-state index in [0.717, 1.165) is 48.7 Å². The van der Waals surface area contributed by atoms with Crippen LogP contribution in [0.4, 0.5) is 0 Å². The van der Waals surface area contributed by atoms with Crippen LogP contribution in [0.2, 0.25) is 0 Å². The second-order valence-corrected chi connectivity index (χ2v) is 8.60. The normalized spacial score (nSPS) is 11.5. The first-order valence-corrected chi connectivity index (χ1v) is 12.6. The highest BCUT2D eigenvalue weighted by molar-refractivity contribution is 6.07. The molecule has 3 aromatic rings. The average molecular weight is 476 g/mol. The second kappa shape index (κ2) is 12.8. The molecule has 0 radical (unpaired) electrons. The van der Waals surface area contributed by atoms with Gasteiger partial charge in [-0.15, -0.1) is 0 Å². The number of carbonyl (C=O) groups excluding carboxylic acids is 2. The minimum Gasteiger partial charge on any atom is -0.496 e. The molecule has 0 spiro atoms. The predicted octanol–water partition coefficient (Wildman–Crippen LogP) is 5.87. The number of rotatable bonds is 12. The SMILES string of the molecule is CCCCN(CCCC)C(=O)C(=Cc1cn(CC)c2ccccc12)NC(=O)c1ccccc1OC. The number of fused-ring (bicyclic) bond motifs is 1. The first-order valence-electron chi connectivity index (χ1n) is 12.6. The Morgan fingerprint density at radius 1 is 0.971 bits per heavy atom. The standard InChI is InChI=1S/C29H37N3O3/c1-5-8-18-32(19-9-6-2)29(34)25(30-28(33)24-15-11-13-17-27(24)35-4)20-22-21-31(7-3)26-16-12-10-14-23(22)26/h10-17,20-21H,5-9,18-19H2,1-4H3,(H,30,33). The van der Waals surface area contributed by atoms with Gasteiger partial charge in [-0.25, -0.2) is 0 Å². The Morgan fingerprint density at radius 3 is 2.29 bits per heavy atom. The number of hydrogen-bond donors (Lipinski definition) is 1. The highest BCUT2D eigenvalue weighted by Gasteiger charge is 2.22. The average Bonchev–Trinajstić information content (AvgIpc) is 3.25. The summed E-state index contributed by atoms with van der Waals surface area (Å²) in [5.41, 5.74) is 2.65. The van der Waals surface area contributed by atoms with Crippen LogP contribution in [0.15, 0.2) is 60.4 Å². The van der Waals surface area contributed by atoms with Crippen LogP contribution in [0.3, 0.4) is 0 Å². The lowest BCUT2D eigenvalue weighted by Crippen LogP contribution is -2.39. The Hall–Kier alpha value is -3.54. The summed E-state index contributed by atoms with van der Waals surface area (Å²) in [6.45, 7) is 8.45. The van der Waals surface area contributed by atoms with E-state index >= 15 is 0 Å². The number of amides is 2. The van der Waals surface area contributed by atoms with Crippen LogP contribution in [0.5, 0.6) is 5.75 Å². The largest absolute Gasteiger partial charge is 0.496 e. The Bertz CT molecular complexity index is 1170. The van der Waals surface area contributed by atoms with Gasteiger partial charge in [-0.2, -0.15) is 0 Å². The maximum Gasteiger partial charge on any atom is 0.270 e. The van der Waals surface area contributed by atoms with Crippen LogP contribution >= 0.6 is 0 Å². The molecule has 1 heterocycles. The van der Waals surface area contributed by atoms with Gasteiger partial charge in [0.15, 0.2) is 0 Å². The number of carbonyl (C=O) groups is 2. The number of aryl methyl sites for hydroxylation is 1. The van der Waals surface area contributed by atoms with E-state index in [0.29, 0.717) is 24.4 Å². The van der Waals surface area contributed by atoms with Gasteiger partial charge >= 0.3 is 0 Å². The Labute approximate surface area is 208 Å². The van der Waals surface area contributed by atoms with Crippen LogP contribution in [0, 0.1) is 0 Å². The van der Waals surface area contributed by atoms with Crippen molar-refractivity contribution in [3.63, 3.8) is 0 Å². The third-order valence-electron chi connectivity index (χ3n) is 6.14. The van der Waals surface area contributed by atoms with Gasteiger partial charge in [0, 0.05) is 42.3 Å². The van der Waals surface area contributed by atoms with E-state index < -0.39 is 0 Å². The monoisotopic (exact) mass is 475 g/mol. The van der Waals surface area contributed by atoms with Gasteiger partial charge in [0.2, 0.25) is 0 Å². The molecule has 0 saturated heterocycles. The molecule has 1 aromatic heterocycles. The maximum atomic E-state index is 13.8. The molecule has 0 bridgehead atoms. The first-order chi connectivity index (χ1) is 17.0. The minimum absolute atomic E-state index is 0.163. The Kier molecular flexibility index (Phi) is 9.53. The molecule has 0 aliphatic carbocycles. The smallest absolute Gasteiger partial charge is 0.270 e. The van der Waals surface area contributed by atoms with E-state index in [1.165, 1.54) is 7.11 Å². The number of nitrogens with one attached hydrogen (secondary N) is 1. The third-order valence-corrected chi connectivity index (χ3v) is 6.14. The second-order valence-electron chi connectivity index (χ2n) is 8.60. The lowest BCUT2D eigenvalue weighted by Gasteiger charge is -2.24. The summed E-state index contributed by atoms with van der Waals surface area (Å²) in [6, 6.07) is 15.1. The van der Waals surface area contributed by atoms with Gasteiger partial charge in [-0.05, 0) is 44.0 Å². The summed E-state index contributed by atoms with van der Waals surface area (Å²) in [7, 11) is 1.53. The first kappa shape index (κ1) is 26.1. The van der Waals surface area contributed by atoms with Gasteiger partial charge in [-0.3, -0.25) is 9.59 Å². The lowest BCUT2D eigenvalue weighted by molar-refractivity contribution is -0.127. The lowest BCUT2D eigenvalue weighted by atomic mass is 10.1. The van der Waals surface area contributed by atoms with E-state index in [-0.39, 0.29) is 17.5 Å². The molecule has 2 aromatic carbocycles. The number of unbranched alkanes of at least 4 members (excludes halogenated alkanes) is 2. The topological polar surface area (TPSA) is 63.6 Å². The zero-order valence-corrected chi connectivity index (χ0v) is 21.3. The molecular weight excluding hydrogens is 438 g/mol. The van der Waals surface area contributed by atoms with Crippen LogP contribution in [-0.2, 0) is 11.3 Å². The van der Waals surface area contributed by atoms with Crippen molar-refractivity contribution in [3.8, 4) is 5.75 Å². The molecular formula is C29H37N3O3. The fraction of sp³-hybridized carbons (Fsp3) is 0.379. The van der Waals surface area contributed by atoms with Gasteiger partial charge in [0.1, 0.15) is 11.4 Å². The summed E-state index contributed by atoms with van der Waals surface area (Å²) in [6.07, 6.45) is 7.67. The molecule has 0 aliphatic heterocycles. The van der Waals surface area contributed by atoms with Crippen molar-refractivity contribution >= 4 is 28.8 Å². The van der Waals surface area contributed by atoms with Crippen LogP contribution in [0.1, 0.15) is 62.4 Å². The zero-order valence-electron chi connectivity index (χ0n) is 21.3. The summed E-state index contributed by atoms with van der Waals surface area (Å²) in [5, 5.41) is 3.96. The molecule has 6 nitrogen and oxygen atoms in total. The van der Waals surface area contributed by atoms with E-state index in [1.807, 2.05) is 41.4 Å². The summed E-state index contributed by atoms with van der Waals surface area (Å²) in [4.78, 5) is 29.0. The van der Waals surface area contributed by atoms with Crippen molar-refractivity contribution in [3.05, 3.63) is 71.6 Å². The van der Waals surface area contributed by atoms with Crippen molar-refractivity contribution in [1.29, 1.82) is 0 Å². The third kappa shape index (κ3) is 6.32. The number of para-hydroxylation sites is 2. The molecule has 0 saturated carbocycles. The molecule has 0 fully saturated rings. The quantitative estimate of drug-likeness (QED) is 0.333. The highest BCUT2D eigenvalue weighted by atomic mass is 16.5. The van der Waals surface area contributed by atoms with Crippen molar-refractivity contribution in [2.45, 2.75) is 53.0 Å². The van der Waals surface area contributed by atoms with Gasteiger partial charge in [0.05, 0.1) is 12.7 Å². The van der Waals surface area contributed by atoms with Crippen LogP contribution in [0.25, 0.3) is 17.0 Å². The Morgan fingerprint density at radius 2 is 1.63 bits per heavy atom. The van der Waals surface area contributed by atoms with E-state index in [4.69, 9.17) is 4.74 Å². The fourth-order valence-corrected chi connectivity index (χ4v) is 4.16. The molecule has 0 atom stereocenters. The number of ether oxygens (including phenoxy) is 1. The number of hydrogen-bond acceptors (Lipinski definition) is 3. The maximum absolute atomic E-state index is 13.8. The van der Waals surface area contributed by atoms with Crippen molar-refractivity contribution in [2.24, 2.45) is 0 Å². The molecule has 0 aliphatic rings. The van der Waals surface area contributed by atoms with Crippen LogP contribution < -0.4 is 10.1 Å². The predicted molar refractivity (Wildman–Crippen MR) is 142 cm³/mol. The summed E-state index contributed by atoms with van der Waals surface area (Å²) in [5.74, 6) is -0.0658. The Balaban J connectivity index is 2.06. The van der Waals surface area contributed by atoms with E-state index in [9.17, 15) is 9.59 Å². The van der Waals surface area contributed by atoms with Crippen molar-refractivity contribution in [2.75, 3.05) is 20.2 Å². The van der Waals surface area contributed by atoms with Crippen molar-refractivity contribution in [1.82, 2.24) is 14.8 Å². The highest BCUT2D eigenvalue weighted by Crippen LogP contribution is 2.24. The fourth-order valence-electron chi connectivity index (χ4n) is 4.16. The van der Waals surface area contributed by atoms with Crippen LogP contribution in [-0.4, -0.2) is 41.5 Å². The van der Waals surface area contributed by atoms with Gasteiger partial charge in [0.25, 0.3) is 11.8 Å². The number of benzene rings is 2.